The number of benzene rings is 4. The monoisotopic (exact) mass is 826 g/mol. The standard InChI is InChI=1S/C21H25.C13H8Cl2.C5H5.2ClH.Hf/c1-20(2,3)16-7-9-18-14(12-16)11-15-13-17(21(4,5)6)8-10-19(15)18;14-12-5-1-10(2-6-12)9-11-3-7-13(15)8-4-11;1-2-4-5-3-1;;;/h7-13H,1-6H3;1-8H;1-5H;2*1H;/q-1;;-1;;;+2/p-2. The van der Waals surface area contributed by atoms with E-state index >= 15 is 0 Å². The smallest absolute Gasteiger partial charge is 0.172 e. The summed E-state index contributed by atoms with van der Waals surface area (Å²) in [4.78, 5) is 0. The molecule has 0 aliphatic rings. The van der Waals surface area contributed by atoms with Crippen LogP contribution in [-0.4, -0.2) is 3.26 Å². The molecule has 0 radical (unpaired) electrons. The molecule has 44 heavy (non-hydrogen) atoms. The van der Waals surface area contributed by atoms with E-state index in [1.807, 2.05) is 78.9 Å². The van der Waals surface area contributed by atoms with E-state index in [0.29, 0.717) is 10.0 Å². The van der Waals surface area contributed by atoms with Crippen molar-refractivity contribution in [2.45, 2.75) is 52.4 Å². The van der Waals surface area contributed by atoms with Crippen LogP contribution >= 0.6 is 40.4 Å². The first-order valence-corrected chi connectivity index (χ1v) is 26.1. The topological polar surface area (TPSA) is 0 Å². The van der Waals surface area contributed by atoms with Crippen LogP contribution in [0.3, 0.4) is 0 Å². The SMILES string of the molecule is CC(C)(C)c1ccc2c(c1)[cH-]c1cc(C(C)(C)C)ccc12.Clc1ccc([C](c2ccc(Cl)cc2)=[Hf]([Cl])[Cl])cc1.c1cc[cH-]c1. The van der Waals surface area contributed by atoms with Crippen LogP contribution in [0.1, 0.15) is 63.8 Å². The van der Waals surface area contributed by atoms with Gasteiger partial charge in [-0.25, -0.2) is 12.1 Å². The van der Waals surface area contributed by atoms with Gasteiger partial charge in [-0.15, -0.1) is 39.7 Å². The average molecular weight is 827 g/mol. The summed E-state index contributed by atoms with van der Waals surface area (Å²) in [5.74, 6) is 0. The van der Waals surface area contributed by atoms with Crippen molar-refractivity contribution >= 4 is 65.2 Å². The van der Waals surface area contributed by atoms with Gasteiger partial charge in [0.1, 0.15) is 0 Å². The van der Waals surface area contributed by atoms with Gasteiger partial charge < -0.3 is 0 Å². The van der Waals surface area contributed by atoms with E-state index in [1.165, 1.54) is 32.7 Å². The molecule has 6 aromatic rings. The maximum Gasteiger partial charge on any atom is -0.172 e. The number of hydrogen-bond donors (Lipinski definition) is 0. The molecule has 0 spiro atoms. The first kappa shape index (κ1) is 34.9. The summed E-state index contributed by atoms with van der Waals surface area (Å²) in [7, 11) is 12.5. The number of hydrogen-bond acceptors (Lipinski definition) is 0. The van der Waals surface area contributed by atoms with Crippen molar-refractivity contribution in [1.29, 1.82) is 0 Å². The van der Waals surface area contributed by atoms with Crippen LogP contribution in [0.4, 0.5) is 0 Å². The molecular formula is C39H38Cl4Hf-2. The molecule has 0 nitrogen and oxygen atoms in total. The third kappa shape index (κ3) is 9.27. The molecular weight excluding hydrogens is 789 g/mol. The van der Waals surface area contributed by atoms with Crippen molar-refractivity contribution in [1.82, 2.24) is 0 Å². The van der Waals surface area contributed by atoms with Crippen LogP contribution in [0.2, 0.25) is 10.0 Å². The Morgan fingerprint density at radius 3 is 1.25 bits per heavy atom. The van der Waals surface area contributed by atoms with E-state index in [2.05, 4.69) is 84.0 Å². The zero-order chi connectivity index (χ0) is 32.1. The van der Waals surface area contributed by atoms with Crippen LogP contribution in [0.25, 0.3) is 21.5 Å². The molecule has 6 aromatic carbocycles. The van der Waals surface area contributed by atoms with E-state index in [0.717, 1.165) is 14.4 Å². The van der Waals surface area contributed by atoms with Gasteiger partial charge in [-0.2, -0.15) is 18.2 Å². The Bertz CT molecular complexity index is 1690. The molecule has 0 aliphatic carbocycles. The van der Waals surface area contributed by atoms with E-state index in [1.54, 1.807) is 0 Å². The third-order valence-corrected chi connectivity index (χ3v) is 14.5. The van der Waals surface area contributed by atoms with Gasteiger partial charge in [-0.05, 0) is 10.8 Å². The number of rotatable bonds is 2. The molecule has 0 fully saturated rings. The quantitative estimate of drug-likeness (QED) is 0.121. The molecule has 0 saturated heterocycles. The first-order valence-electron chi connectivity index (χ1n) is 14.6. The Morgan fingerprint density at radius 1 is 0.568 bits per heavy atom. The summed E-state index contributed by atoms with van der Waals surface area (Å²) in [6.45, 7) is 13.6. The predicted octanol–water partition coefficient (Wildman–Crippen LogP) is 13.2. The first-order chi connectivity index (χ1) is 20.7. The molecule has 0 saturated carbocycles. The molecule has 228 valence electrons. The van der Waals surface area contributed by atoms with Crippen molar-refractivity contribution in [3.8, 4) is 0 Å². The third-order valence-electron chi connectivity index (χ3n) is 7.45. The maximum absolute atomic E-state index is 6.27. The average Bonchev–Trinajstić information content (AvgIpc) is 3.66. The van der Waals surface area contributed by atoms with Crippen LogP contribution in [0, 0.1) is 0 Å². The van der Waals surface area contributed by atoms with Gasteiger partial charge in [0.25, 0.3) is 0 Å². The van der Waals surface area contributed by atoms with E-state index in [9.17, 15) is 0 Å². The van der Waals surface area contributed by atoms with Crippen molar-refractivity contribution < 1.29 is 18.6 Å². The Hall–Kier alpha value is -2.00. The normalized spacial score (nSPS) is 11.4. The minimum atomic E-state index is -2.73. The van der Waals surface area contributed by atoms with Crippen LogP contribution in [-0.2, 0) is 29.4 Å². The van der Waals surface area contributed by atoms with Crippen molar-refractivity contribution in [2.24, 2.45) is 0 Å². The summed E-state index contributed by atoms with van der Waals surface area (Å²) < 4.78 is 1.05. The van der Waals surface area contributed by atoms with Gasteiger partial charge >= 0.3 is 132 Å². The molecule has 0 amide bonds. The van der Waals surface area contributed by atoms with Crippen molar-refractivity contribution in [2.75, 3.05) is 0 Å². The van der Waals surface area contributed by atoms with Crippen LogP contribution < -0.4 is 0 Å². The fraction of sp³-hybridized carbons (Fsp3) is 0.205. The molecule has 0 aliphatic heterocycles. The fourth-order valence-corrected chi connectivity index (χ4v) is 11.5. The zero-order valence-corrected chi connectivity index (χ0v) is 32.7. The largest absolute Gasteiger partial charge is 0.214 e. The van der Waals surface area contributed by atoms with E-state index in [4.69, 9.17) is 40.4 Å². The summed E-state index contributed by atoms with van der Waals surface area (Å²) in [5.41, 5.74) is 5.29. The second kappa shape index (κ2) is 15.1. The summed E-state index contributed by atoms with van der Waals surface area (Å²) in [6, 6.07) is 41.3. The fourth-order valence-electron chi connectivity index (χ4n) is 4.89. The Labute approximate surface area is 287 Å². The van der Waals surface area contributed by atoms with Crippen LogP contribution in [0.5, 0.6) is 0 Å². The molecule has 0 aromatic heterocycles. The molecule has 0 unspecified atom stereocenters. The second-order valence-electron chi connectivity index (χ2n) is 12.9. The minimum absolute atomic E-state index is 0.203. The van der Waals surface area contributed by atoms with Gasteiger partial charge in [0, 0.05) is 0 Å². The molecule has 5 heteroatoms. The summed E-state index contributed by atoms with van der Waals surface area (Å²) >= 11 is 9.05. The van der Waals surface area contributed by atoms with Gasteiger partial charge in [-0.3, -0.25) is 0 Å². The molecule has 0 N–H and O–H groups in total. The Balaban J connectivity index is 0.000000175. The van der Waals surface area contributed by atoms with Gasteiger partial charge in [-0.1, -0.05) is 76.9 Å². The molecule has 0 bridgehead atoms. The second-order valence-corrected chi connectivity index (χ2v) is 25.2. The minimum Gasteiger partial charge on any atom is -0.214 e. The number of fused-ring (bicyclic) bond motifs is 3. The maximum atomic E-state index is 6.27. The van der Waals surface area contributed by atoms with Crippen molar-refractivity contribution in [3.63, 3.8) is 0 Å². The molecule has 0 atom stereocenters. The van der Waals surface area contributed by atoms with E-state index < -0.39 is 18.6 Å². The van der Waals surface area contributed by atoms with Gasteiger partial charge in [0.2, 0.25) is 0 Å². The predicted molar refractivity (Wildman–Crippen MR) is 194 cm³/mol. The van der Waals surface area contributed by atoms with Gasteiger partial charge in [0.15, 0.2) is 0 Å². The van der Waals surface area contributed by atoms with Crippen LogP contribution in [0.15, 0.2) is 121 Å². The summed E-state index contributed by atoms with van der Waals surface area (Å²) in [6.07, 6.45) is 0. The Kier molecular flexibility index (Phi) is 11.9. The zero-order valence-electron chi connectivity index (χ0n) is 26.1. The van der Waals surface area contributed by atoms with Gasteiger partial charge in [0.05, 0.1) is 0 Å². The van der Waals surface area contributed by atoms with E-state index in [-0.39, 0.29) is 10.8 Å². The molecule has 6 rings (SSSR count). The molecule has 0 heterocycles. The van der Waals surface area contributed by atoms with Crippen molar-refractivity contribution in [3.05, 3.63) is 154 Å². The Morgan fingerprint density at radius 2 is 0.955 bits per heavy atom. The number of halogens is 4. The summed E-state index contributed by atoms with van der Waals surface area (Å²) in [5, 5.41) is 6.87.